The fraction of sp³-hybridized carbons (Fsp3) is 0.538. The zero-order chi connectivity index (χ0) is 13.1. The molecule has 3 N–H and O–H groups in total. The van der Waals surface area contributed by atoms with Crippen LogP contribution in [-0.2, 0) is 0 Å². The first-order chi connectivity index (χ1) is 8.58. The first-order valence-corrected chi connectivity index (χ1v) is 6.30. The van der Waals surface area contributed by atoms with Crippen LogP contribution >= 0.6 is 0 Å². The molecular formula is C13H21N5. The third kappa shape index (κ3) is 2.79. The number of hydrogen-bond acceptors (Lipinski definition) is 4. The maximum absolute atomic E-state index is 7.44. The summed E-state index contributed by atoms with van der Waals surface area (Å²) in [6.07, 6.45) is 4.16. The molecule has 0 aromatic carbocycles. The number of likely N-dealkylation sites (N-methyl/N-ethyl adjacent to an activating group) is 2. The number of piperidine rings is 1. The van der Waals surface area contributed by atoms with E-state index in [1.165, 1.54) is 19.4 Å². The van der Waals surface area contributed by atoms with Crippen molar-refractivity contribution in [3.63, 3.8) is 0 Å². The molecule has 2 heterocycles. The summed E-state index contributed by atoms with van der Waals surface area (Å²) in [6.45, 7) is 2.26. The van der Waals surface area contributed by atoms with E-state index in [1.54, 1.807) is 6.20 Å². The molecule has 2 rings (SSSR count). The van der Waals surface area contributed by atoms with Gasteiger partial charge < -0.3 is 15.5 Å². The number of aromatic nitrogens is 1. The Bertz CT molecular complexity index is 431. The van der Waals surface area contributed by atoms with Gasteiger partial charge in [0.2, 0.25) is 0 Å². The van der Waals surface area contributed by atoms with Crippen molar-refractivity contribution in [1.82, 2.24) is 9.88 Å². The lowest BCUT2D eigenvalue weighted by Crippen LogP contribution is -2.45. The van der Waals surface area contributed by atoms with Gasteiger partial charge >= 0.3 is 0 Å². The summed E-state index contributed by atoms with van der Waals surface area (Å²) >= 11 is 0. The highest BCUT2D eigenvalue weighted by Gasteiger charge is 2.21. The van der Waals surface area contributed by atoms with Crippen LogP contribution in [0.3, 0.4) is 0 Å². The lowest BCUT2D eigenvalue weighted by Gasteiger charge is -2.37. The van der Waals surface area contributed by atoms with E-state index in [0.29, 0.717) is 11.7 Å². The van der Waals surface area contributed by atoms with Crippen molar-refractivity contribution in [2.45, 2.75) is 18.9 Å². The monoisotopic (exact) mass is 247 g/mol. The summed E-state index contributed by atoms with van der Waals surface area (Å²) in [6, 6.07) is 4.38. The van der Waals surface area contributed by atoms with E-state index in [2.05, 4.69) is 28.9 Å². The number of pyridine rings is 1. The number of nitrogens with two attached hydrogens (primary N) is 1. The fourth-order valence-corrected chi connectivity index (χ4v) is 2.45. The fourth-order valence-electron chi connectivity index (χ4n) is 2.45. The molecule has 0 aliphatic carbocycles. The first kappa shape index (κ1) is 12.8. The molecule has 1 aliphatic rings. The third-order valence-corrected chi connectivity index (χ3v) is 3.57. The molecule has 1 unspecified atom stereocenters. The van der Waals surface area contributed by atoms with Crippen molar-refractivity contribution in [3.8, 4) is 0 Å². The summed E-state index contributed by atoms with van der Waals surface area (Å²) < 4.78 is 0. The summed E-state index contributed by atoms with van der Waals surface area (Å²) in [5.41, 5.74) is 7.10. The van der Waals surface area contributed by atoms with Crippen LogP contribution in [0.2, 0.25) is 0 Å². The molecule has 5 nitrogen and oxygen atoms in total. The van der Waals surface area contributed by atoms with E-state index in [9.17, 15) is 0 Å². The highest BCUT2D eigenvalue weighted by molar-refractivity contribution is 5.93. The topological polar surface area (TPSA) is 69.2 Å². The molecule has 1 atom stereocenters. The molecule has 1 aliphatic heterocycles. The Morgan fingerprint density at radius 2 is 2.39 bits per heavy atom. The van der Waals surface area contributed by atoms with E-state index in [-0.39, 0.29) is 5.84 Å². The second-order valence-corrected chi connectivity index (χ2v) is 4.98. The number of likely N-dealkylation sites (tertiary alicyclic amines) is 1. The molecule has 1 aromatic rings. The zero-order valence-electron chi connectivity index (χ0n) is 11.1. The molecule has 18 heavy (non-hydrogen) atoms. The van der Waals surface area contributed by atoms with Crippen LogP contribution in [0.1, 0.15) is 18.5 Å². The van der Waals surface area contributed by atoms with Gasteiger partial charge in [-0.3, -0.25) is 10.4 Å². The maximum atomic E-state index is 7.44. The van der Waals surface area contributed by atoms with E-state index >= 15 is 0 Å². The highest BCUT2D eigenvalue weighted by atomic mass is 15.2. The van der Waals surface area contributed by atoms with E-state index in [4.69, 9.17) is 11.1 Å². The van der Waals surface area contributed by atoms with Gasteiger partial charge in [-0.1, -0.05) is 0 Å². The average molecular weight is 247 g/mol. The smallest absolute Gasteiger partial charge is 0.141 e. The second-order valence-electron chi connectivity index (χ2n) is 4.98. The largest absolute Gasteiger partial charge is 0.382 e. The lowest BCUT2D eigenvalue weighted by molar-refractivity contribution is 0.248. The molecule has 0 radical (unpaired) electrons. The van der Waals surface area contributed by atoms with Crippen LogP contribution in [0.25, 0.3) is 0 Å². The van der Waals surface area contributed by atoms with Crippen LogP contribution in [0.4, 0.5) is 5.69 Å². The van der Waals surface area contributed by atoms with Gasteiger partial charge in [-0.05, 0) is 38.6 Å². The molecular weight excluding hydrogens is 226 g/mol. The van der Waals surface area contributed by atoms with Crippen LogP contribution < -0.4 is 10.6 Å². The number of rotatable bonds is 3. The molecule has 1 fully saturated rings. The Labute approximate surface area is 108 Å². The standard InChI is InChI=1S/C13H21N5/c1-17-7-3-4-11(9-17)18(2)10-5-6-16-12(8-10)13(14)15/h5-6,8,11H,3-4,7,9H2,1-2H3,(H3,14,15). The minimum Gasteiger partial charge on any atom is -0.382 e. The van der Waals surface area contributed by atoms with Crippen LogP contribution in [0.5, 0.6) is 0 Å². The Morgan fingerprint density at radius 1 is 1.61 bits per heavy atom. The predicted molar refractivity (Wildman–Crippen MR) is 74.2 cm³/mol. The third-order valence-electron chi connectivity index (χ3n) is 3.57. The molecule has 1 saturated heterocycles. The maximum Gasteiger partial charge on any atom is 0.141 e. The van der Waals surface area contributed by atoms with Crippen LogP contribution in [0, 0.1) is 5.41 Å². The average Bonchev–Trinajstić information content (AvgIpc) is 2.38. The van der Waals surface area contributed by atoms with Gasteiger partial charge in [-0.2, -0.15) is 0 Å². The Kier molecular flexibility index (Phi) is 3.81. The number of nitrogens with one attached hydrogen (secondary N) is 1. The van der Waals surface area contributed by atoms with Gasteiger partial charge in [-0.25, -0.2) is 0 Å². The second kappa shape index (κ2) is 5.35. The quantitative estimate of drug-likeness (QED) is 0.615. The highest BCUT2D eigenvalue weighted by Crippen LogP contribution is 2.21. The van der Waals surface area contributed by atoms with Gasteiger partial charge in [0.1, 0.15) is 11.5 Å². The van der Waals surface area contributed by atoms with Gasteiger partial charge in [-0.15, -0.1) is 0 Å². The molecule has 0 bridgehead atoms. The van der Waals surface area contributed by atoms with Crippen LogP contribution in [-0.4, -0.2) is 48.9 Å². The van der Waals surface area contributed by atoms with E-state index in [1.807, 2.05) is 12.1 Å². The van der Waals surface area contributed by atoms with Crippen molar-refractivity contribution in [3.05, 3.63) is 24.0 Å². The minimum absolute atomic E-state index is 0.0195. The van der Waals surface area contributed by atoms with Crippen molar-refractivity contribution in [2.75, 3.05) is 32.1 Å². The number of hydrogen-bond donors (Lipinski definition) is 2. The summed E-state index contributed by atoms with van der Waals surface area (Å²) in [4.78, 5) is 8.72. The number of amidine groups is 1. The van der Waals surface area contributed by atoms with Gasteiger partial charge in [0.05, 0.1) is 0 Å². The number of anilines is 1. The SMILES string of the molecule is CN1CCCC(N(C)c2ccnc(C(=N)N)c2)C1. The van der Waals surface area contributed by atoms with Crippen LogP contribution in [0.15, 0.2) is 18.3 Å². The van der Waals surface area contributed by atoms with Crippen molar-refractivity contribution in [2.24, 2.45) is 5.73 Å². The molecule has 0 spiro atoms. The Hall–Kier alpha value is -1.62. The molecule has 5 heteroatoms. The summed E-state index contributed by atoms with van der Waals surface area (Å²) in [5.74, 6) is 0.0195. The van der Waals surface area contributed by atoms with Crippen molar-refractivity contribution in [1.29, 1.82) is 5.41 Å². The summed E-state index contributed by atoms with van der Waals surface area (Å²) in [7, 11) is 4.26. The molecule has 98 valence electrons. The predicted octanol–water partition coefficient (Wildman–Crippen LogP) is 0.896. The molecule has 0 amide bonds. The van der Waals surface area contributed by atoms with Gasteiger partial charge in [0, 0.05) is 31.5 Å². The van der Waals surface area contributed by atoms with Crippen molar-refractivity contribution < 1.29 is 0 Å². The lowest BCUT2D eigenvalue weighted by atomic mass is 10.0. The first-order valence-electron chi connectivity index (χ1n) is 6.30. The minimum atomic E-state index is 0.0195. The van der Waals surface area contributed by atoms with Gasteiger partial charge in [0.15, 0.2) is 0 Å². The zero-order valence-corrected chi connectivity index (χ0v) is 11.1. The van der Waals surface area contributed by atoms with E-state index in [0.717, 1.165) is 12.2 Å². The Morgan fingerprint density at radius 3 is 3.06 bits per heavy atom. The van der Waals surface area contributed by atoms with Gasteiger partial charge in [0.25, 0.3) is 0 Å². The summed E-state index contributed by atoms with van der Waals surface area (Å²) in [5, 5.41) is 7.44. The normalized spacial score (nSPS) is 20.7. The molecule has 0 saturated carbocycles. The number of nitrogens with zero attached hydrogens (tertiary/aromatic N) is 3. The van der Waals surface area contributed by atoms with Crippen molar-refractivity contribution >= 4 is 11.5 Å². The van der Waals surface area contributed by atoms with E-state index < -0.39 is 0 Å². The number of nitrogen functional groups attached to an aromatic ring is 1. The Balaban J connectivity index is 2.14. The molecule has 1 aromatic heterocycles.